The number of nitrogens with one attached hydrogen (secondary N) is 1. The van der Waals surface area contributed by atoms with E-state index in [1.54, 1.807) is 19.2 Å². The molecule has 0 atom stereocenters. The predicted octanol–water partition coefficient (Wildman–Crippen LogP) is 4.29. The molecule has 0 aliphatic heterocycles. The van der Waals surface area contributed by atoms with Gasteiger partial charge < -0.3 is 10.1 Å². The summed E-state index contributed by atoms with van der Waals surface area (Å²) in [5.41, 5.74) is 2.91. The van der Waals surface area contributed by atoms with Crippen LogP contribution in [0.1, 0.15) is 11.1 Å². The van der Waals surface area contributed by atoms with E-state index in [9.17, 15) is 10.1 Å². The van der Waals surface area contributed by atoms with Gasteiger partial charge in [0, 0.05) is 24.4 Å². The monoisotopic (exact) mass is 350 g/mol. The first kappa shape index (κ1) is 15.3. The van der Waals surface area contributed by atoms with Crippen LogP contribution in [0.15, 0.2) is 40.9 Å². The second-order valence-corrected chi connectivity index (χ2v) is 5.43. The maximum absolute atomic E-state index is 10.7. The molecule has 2 aromatic rings. The fourth-order valence-electron chi connectivity index (χ4n) is 1.98. The average Bonchev–Trinajstić information content (AvgIpc) is 2.46. The molecule has 0 aromatic heterocycles. The topological polar surface area (TPSA) is 64.4 Å². The lowest BCUT2D eigenvalue weighted by Gasteiger charge is -2.11. The largest absolute Gasteiger partial charge is 0.496 e. The fraction of sp³-hybridized carbons (Fsp3) is 0.200. The molecule has 0 amide bonds. The molecular weight excluding hydrogens is 336 g/mol. The lowest BCUT2D eigenvalue weighted by molar-refractivity contribution is -0.384. The minimum absolute atomic E-state index is 0.102. The summed E-state index contributed by atoms with van der Waals surface area (Å²) in [5, 5.41) is 14.0. The molecule has 0 bridgehead atoms. The quantitative estimate of drug-likeness (QED) is 0.645. The van der Waals surface area contributed by atoms with Crippen molar-refractivity contribution in [3.63, 3.8) is 0 Å². The average molecular weight is 351 g/mol. The second kappa shape index (κ2) is 6.58. The number of non-ortho nitro benzene ring substituents is 1. The van der Waals surface area contributed by atoms with Crippen molar-refractivity contribution in [2.75, 3.05) is 12.4 Å². The van der Waals surface area contributed by atoms with Crippen LogP contribution >= 0.6 is 15.9 Å². The summed E-state index contributed by atoms with van der Waals surface area (Å²) in [7, 11) is 1.62. The van der Waals surface area contributed by atoms with Gasteiger partial charge in [-0.05, 0) is 52.2 Å². The van der Waals surface area contributed by atoms with Gasteiger partial charge in [0.15, 0.2) is 0 Å². The highest BCUT2D eigenvalue weighted by atomic mass is 79.9. The number of nitro benzene ring substituents is 1. The molecule has 0 aliphatic rings. The Morgan fingerprint density at radius 3 is 2.62 bits per heavy atom. The zero-order chi connectivity index (χ0) is 15.4. The highest BCUT2D eigenvalue weighted by Crippen LogP contribution is 2.26. The van der Waals surface area contributed by atoms with E-state index in [2.05, 4.69) is 21.2 Å². The van der Waals surface area contributed by atoms with Crippen LogP contribution in [0, 0.1) is 17.0 Å². The zero-order valence-electron chi connectivity index (χ0n) is 11.7. The van der Waals surface area contributed by atoms with Crippen molar-refractivity contribution < 1.29 is 9.66 Å². The molecule has 0 saturated carbocycles. The van der Waals surface area contributed by atoms with Crippen LogP contribution in [0.3, 0.4) is 0 Å². The first-order chi connectivity index (χ1) is 10.0. The van der Waals surface area contributed by atoms with Gasteiger partial charge in [0.25, 0.3) is 5.69 Å². The van der Waals surface area contributed by atoms with Crippen LogP contribution in [0.25, 0.3) is 0 Å². The van der Waals surface area contributed by atoms with Crippen LogP contribution < -0.4 is 10.1 Å². The summed E-state index contributed by atoms with van der Waals surface area (Å²) in [6.45, 7) is 2.47. The third kappa shape index (κ3) is 3.72. The van der Waals surface area contributed by atoms with Crippen LogP contribution in [0.5, 0.6) is 5.75 Å². The Hall–Kier alpha value is -2.08. The lowest BCUT2D eigenvalue weighted by Crippen LogP contribution is -2.02. The molecule has 0 saturated heterocycles. The summed E-state index contributed by atoms with van der Waals surface area (Å²) in [4.78, 5) is 10.3. The Kier molecular flexibility index (Phi) is 4.80. The van der Waals surface area contributed by atoms with Crippen molar-refractivity contribution in [1.29, 1.82) is 0 Å². The van der Waals surface area contributed by atoms with E-state index in [0.717, 1.165) is 27.0 Å². The Balaban J connectivity index is 2.09. The smallest absolute Gasteiger partial charge is 0.269 e. The summed E-state index contributed by atoms with van der Waals surface area (Å²) in [6, 6.07) is 10.6. The molecule has 5 nitrogen and oxygen atoms in total. The molecule has 6 heteroatoms. The summed E-state index contributed by atoms with van der Waals surface area (Å²) >= 11 is 3.45. The number of halogens is 1. The Labute approximate surface area is 131 Å². The van der Waals surface area contributed by atoms with Crippen molar-refractivity contribution in [3.8, 4) is 5.75 Å². The molecule has 0 unspecified atom stereocenters. The number of ether oxygens (including phenoxy) is 1. The molecule has 0 heterocycles. The van der Waals surface area contributed by atoms with Gasteiger partial charge in [0.05, 0.1) is 16.5 Å². The number of hydrogen-bond donors (Lipinski definition) is 1. The maximum atomic E-state index is 10.7. The van der Waals surface area contributed by atoms with Crippen molar-refractivity contribution in [1.82, 2.24) is 0 Å². The zero-order valence-corrected chi connectivity index (χ0v) is 13.3. The van der Waals surface area contributed by atoms with Gasteiger partial charge in [-0.3, -0.25) is 10.1 Å². The van der Waals surface area contributed by atoms with E-state index in [1.807, 2.05) is 25.1 Å². The van der Waals surface area contributed by atoms with Gasteiger partial charge in [-0.2, -0.15) is 0 Å². The Morgan fingerprint density at radius 1 is 1.29 bits per heavy atom. The minimum atomic E-state index is -0.392. The Bertz CT molecular complexity index is 674. The normalized spacial score (nSPS) is 10.2. The van der Waals surface area contributed by atoms with E-state index in [1.165, 1.54) is 6.07 Å². The molecule has 110 valence electrons. The fourth-order valence-corrected chi connectivity index (χ4v) is 2.56. The van der Waals surface area contributed by atoms with Crippen molar-refractivity contribution >= 4 is 27.3 Å². The van der Waals surface area contributed by atoms with Crippen molar-refractivity contribution in [3.05, 3.63) is 62.1 Å². The molecule has 0 fully saturated rings. The second-order valence-electron chi connectivity index (χ2n) is 4.58. The van der Waals surface area contributed by atoms with Crippen molar-refractivity contribution in [2.45, 2.75) is 13.5 Å². The maximum Gasteiger partial charge on any atom is 0.269 e. The molecule has 2 rings (SSSR count). The highest BCUT2D eigenvalue weighted by Gasteiger charge is 2.08. The van der Waals surface area contributed by atoms with Crippen molar-refractivity contribution in [2.24, 2.45) is 0 Å². The van der Waals surface area contributed by atoms with E-state index in [4.69, 9.17) is 4.74 Å². The lowest BCUT2D eigenvalue weighted by atomic mass is 10.1. The molecular formula is C15H15BrN2O3. The third-order valence-electron chi connectivity index (χ3n) is 3.12. The third-order valence-corrected chi connectivity index (χ3v) is 3.74. The van der Waals surface area contributed by atoms with Gasteiger partial charge in [0.2, 0.25) is 0 Å². The standard InChI is InChI=1S/C15H15BrN2O3/c1-10-7-12(18(19)20)4-5-14(10)17-9-11-3-6-15(21-2)13(16)8-11/h3-8,17H,9H2,1-2H3. The molecule has 0 radical (unpaired) electrons. The number of rotatable bonds is 5. The van der Waals surface area contributed by atoms with E-state index in [-0.39, 0.29) is 5.69 Å². The van der Waals surface area contributed by atoms with E-state index < -0.39 is 4.92 Å². The molecule has 0 spiro atoms. The van der Waals surface area contributed by atoms with E-state index >= 15 is 0 Å². The number of benzene rings is 2. The number of anilines is 1. The number of aryl methyl sites for hydroxylation is 1. The van der Waals surface area contributed by atoms with Crippen LogP contribution in [-0.2, 0) is 6.54 Å². The van der Waals surface area contributed by atoms with Gasteiger partial charge >= 0.3 is 0 Å². The van der Waals surface area contributed by atoms with Crippen LogP contribution in [0.2, 0.25) is 0 Å². The minimum Gasteiger partial charge on any atom is -0.496 e. The SMILES string of the molecule is COc1ccc(CNc2ccc([N+](=O)[O-])cc2C)cc1Br. The summed E-state index contributed by atoms with van der Waals surface area (Å²) < 4.78 is 6.08. The number of hydrogen-bond acceptors (Lipinski definition) is 4. The first-order valence-corrected chi connectivity index (χ1v) is 7.12. The summed E-state index contributed by atoms with van der Waals surface area (Å²) in [5.74, 6) is 0.783. The number of nitrogens with zero attached hydrogens (tertiary/aromatic N) is 1. The predicted molar refractivity (Wildman–Crippen MR) is 85.9 cm³/mol. The first-order valence-electron chi connectivity index (χ1n) is 6.32. The molecule has 2 aromatic carbocycles. The van der Waals surface area contributed by atoms with Gasteiger partial charge in [-0.1, -0.05) is 6.07 Å². The number of nitro groups is 1. The Morgan fingerprint density at radius 2 is 2.05 bits per heavy atom. The van der Waals surface area contributed by atoms with Crippen LogP contribution in [-0.4, -0.2) is 12.0 Å². The molecule has 1 N–H and O–H groups in total. The van der Waals surface area contributed by atoms with Gasteiger partial charge in [-0.25, -0.2) is 0 Å². The van der Waals surface area contributed by atoms with Crippen LogP contribution in [0.4, 0.5) is 11.4 Å². The molecule has 0 aliphatic carbocycles. The van der Waals surface area contributed by atoms with E-state index in [0.29, 0.717) is 6.54 Å². The van der Waals surface area contributed by atoms with Gasteiger partial charge in [0.1, 0.15) is 5.75 Å². The number of methoxy groups -OCH3 is 1. The highest BCUT2D eigenvalue weighted by molar-refractivity contribution is 9.10. The van der Waals surface area contributed by atoms with Gasteiger partial charge in [-0.15, -0.1) is 0 Å². The summed E-state index contributed by atoms with van der Waals surface area (Å²) in [6.07, 6.45) is 0. The molecule has 21 heavy (non-hydrogen) atoms.